The predicted octanol–water partition coefficient (Wildman–Crippen LogP) is 3.57. The highest BCUT2D eigenvalue weighted by atomic mass is 35.5. The van der Waals surface area contributed by atoms with Crippen LogP contribution in [0.1, 0.15) is 12.5 Å². The third kappa shape index (κ3) is 4.35. The number of hydrogen-bond acceptors (Lipinski definition) is 5. The number of rotatable bonds is 5. The highest BCUT2D eigenvalue weighted by Crippen LogP contribution is 2.31. The van der Waals surface area contributed by atoms with E-state index in [2.05, 4.69) is 15.5 Å². The number of carbonyl (C=O) groups is 2. The zero-order valence-corrected chi connectivity index (χ0v) is 16.8. The number of thioether (sulfide) groups is 1. The summed E-state index contributed by atoms with van der Waals surface area (Å²) in [4.78, 5) is 23.0. The molecule has 144 valence electrons. The minimum absolute atomic E-state index is 0.495. The number of halogens is 1. The molecule has 3 aromatic rings. The van der Waals surface area contributed by atoms with Crippen molar-refractivity contribution in [1.29, 1.82) is 0 Å². The van der Waals surface area contributed by atoms with Gasteiger partial charge in [0.2, 0.25) is 5.91 Å². The van der Waals surface area contributed by atoms with Crippen LogP contribution in [0.15, 0.2) is 53.7 Å². The van der Waals surface area contributed by atoms with Gasteiger partial charge < -0.3 is 5.73 Å². The third-order valence-electron chi connectivity index (χ3n) is 3.99. The Morgan fingerprint density at radius 1 is 1.14 bits per heavy atom. The number of hydrogen-bond donors (Lipinski definition) is 2. The van der Waals surface area contributed by atoms with Gasteiger partial charge in [0.05, 0.1) is 10.9 Å². The molecule has 0 spiro atoms. The third-order valence-corrected chi connectivity index (χ3v) is 5.28. The fourth-order valence-electron chi connectivity index (χ4n) is 2.60. The number of nitrogens with one attached hydrogen (secondary N) is 1. The molecule has 0 aliphatic rings. The van der Waals surface area contributed by atoms with E-state index in [1.165, 1.54) is 11.8 Å². The average Bonchev–Trinajstić information content (AvgIpc) is 3.05. The first-order chi connectivity index (χ1) is 13.4. The van der Waals surface area contributed by atoms with Crippen LogP contribution in [0.2, 0.25) is 5.02 Å². The van der Waals surface area contributed by atoms with Crippen LogP contribution < -0.4 is 11.1 Å². The molecule has 3 rings (SSSR count). The first kappa shape index (κ1) is 19.9. The molecule has 7 nitrogen and oxygen atoms in total. The van der Waals surface area contributed by atoms with Gasteiger partial charge in [-0.3, -0.25) is 14.7 Å². The molecule has 9 heteroatoms. The zero-order valence-electron chi connectivity index (χ0n) is 15.2. The Kier molecular flexibility index (Phi) is 6.01. The normalized spacial score (nSPS) is 11.8. The largest absolute Gasteiger partial charge is 0.351 e. The number of nitrogens with zero attached hydrogens (tertiary/aromatic N) is 3. The molecule has 1 atom stereocenters. The molecule has 0 saturated heterocycles. The van der Waals surface area contributed by atoms with E-state index >= 15 is 0 Å². The number of carbonyl (C=O) groups excluding carboxylic acids is 2. The Bertz CT molecular complexity index is 1020. The van der Waals surface area contributed by atoms with Crippen molar-refractivity contribution in [3.05, 3.63) is 59.1 Å². The van der Waals surface area contributed by atoms with Gasteiger partial charge in [0.15, 0.2) is 11.0 Å². The van der Waals surface area contributed by atoms with Gasteiger partial charge in [0, 0.05) is 10.6 Å². The van der Waals surface area contributed by atoms with Gasteiger partial charge in [-0.25, -0.2) is 4.79 Å². The van der Waals surface area contributed by atoms with Gasteiger partial charge in [-0.05, 0) is 49.7 Å². The van der Waals surface area contributed by atoms with E-state index in [9.17, 15) is 9.59 Å². The molecule has 1 heterocycles. The lowest BCUT2D eigenvalue weighted by molar-refractivity contribution is -0.119. The van der Waals surface area contributed by atoms with Gasteiger partial charge in [0.25, 0.3) is 0 Å². The van der Waals surface area contributed by atoms with Crippen molar-refractivity contribution < 1.29 is 9.59 Å². The Labute approximate surface area is 171 Å². The Morgan fingerprint density at radius 3 is 2.46 bits per heavy atom. The highest BCUT2D eigenvalue weighted by molar-refractivity contribution is 8.00. The SMILES string of the molecule is Cc1ccccc1-n1c(SC(C)C(=O)NC(N)=O)nnc1-c1ccc(Cl)cc1. The number of para-hydroxylation sites is 1. The van der Waals surface area contributed by atoms with E-state index in [0.717, 1.165) is 16.8 Å². The molecule has 1 aromatic heterocycles. The molecule has 0 bridgehead atoms. The summed E-state index contributed by atoms with van der Waals surface area (Å²) < 4.78 is 1.89. The van der Waals surface area contributed by atoms with Crippen LogP contribution in [-0.2, 0) is 4.79 Å². The van der Waals surface area contributed by atoms with Crippen LogP contribution in [-0.4, -0.2) is 32.0 Å². The molecular weight excluding hydrogens is 398 g/mol. The van der Waals surface area contributed by atoms with Gasteiger partial charge in [-0.2, -0.15) is 0 Å². The maximum absolute atomic E-state index is 12.1. The smallest absolute Gasteiger partial charge is 0.318 e. The molecular formula is C19H18ClN5O2S. The lowest BCUT2D eigenvalue weighted by atomic mass is 10.1. The van der Waals surface area contributed by atoms with Crippen LogP contribution in [0, 0.1) is 6.92 Å². The first-order valence-corrected chi connectivity index (χ1v) is 9.67. The number of imide groups is 1. The van der Waals surface area contributed by atoms with Gasteiger partial charge >= 0.3 is 6.03 Å². The van der Waals surface area contributed by atoms with Crippen LogP contribution in [0.5, 0.6) is 0 Å². The standard InChI is InChI=1S/C19H18ClN5O2S/c1-11-5-3-4-6-15(11)25-16(13-7-9-14(20)10-8-13)23-24-19(25)28-12(2)17(26)22-18(21)27/h3-10,12H,1-2H3,(H3,21,22,26,27). The lowest BCUT2D eigenvalue weighted by Crippen LogP contribution is -2.39. The Morgan fingerprint density at radius 2 is 1.82 bits per heavy atom. The monoisotopic (exact) mass is 415 g/mol. The molecule has 0 aliphatic heterocycles. The molecule has 28 heavy (non-hydrogen) atoms. The van der Waals surface area contributed by atoms with E-state index in [-0.39, 0.29) is 0 Å². The van der Waals surface area contributed by atoms with Crippen molar-refractivity contribution in [2.45, 2.75) is 24.3 Å². The number of nitrogens with two attached hydrogens (primary N) is 1. The zero-order chi connectivity index (χ0) is 20.3. The van der Waals surface area contributed by atoms with Gasteiger partial charge in [0.1, 0.15) is 0 Å². The quantitative estimate of drug-likeness (QED) is 0.620. The summed E-state index contributed by atoms with van der Waals surface area (Å²) in [6, 6.07) is 14.2. The van der Waals surface area contributed by atoms with Crippen LogP contribution in [0.4, 0.5) is 4.79 Å². The van der Waals surface area contributed by atoms with E-state index in [4.69, 9.17) is 17.3 Å². The van der Waals surface area contributed by atoms with E-state index in [1.807, 2.05) is 47.9 Å². The average molecular weight is 416 g/mol. The fraction of sp³-hybridized carbons (Fsp3) is 0.158. The minimum Gasteiger partial charge on any atom is -0.351 e. The fourth-order valence-corrected chi connectivity index (χ4v) is 3.58. The second-order valence-electron chi connectivity index (χ2n) is 6.05. The maximum atomic E-state index is 12.1. The highest BCUT2D eigenvalue weighted by Gasteiger charge is 2.23. The molecule has 3 amide bonds. The van der Waals surface area contributed by atoms with Gasteiger partial charge in [-0.1, -0.05) is 41.6 Å². The number of amides is 3. The van der Waals surface area contributed by atoms with E-state index in [0.29, 0.717) is 16.0 Å². The summed E-state index contributed by atoms with van der Waals surface area (Å²) >= 11 is 7.19. The lowest BCUT2D eigenvalue weighted by Gasteiger charge is -2.15. The van der Waals surface area contributed by atoms with Crippen molar-refractivity contribution >= 4 is 35.3 Å². The summed E-state index contributed by atoms with van der Waals surface area (Å²) in [5.41, 5.74) is 7.78. The number of primary amides is 1. The molecule has 0 fully saturated rings. The van der Waals surface area contributed by atoms with Crippen LogP contribution in [0.3, 0.4) is 0 Å². The topological polar surface area (TPSA) is 103 Å². The molecule has 2 aromatic carbocycles. The van der Waals surface area contributed by atoms with E-state index < -0.39 is 17.2 Å². The number of urea groups is 1. The predicted molar refractivity (Wildman–Crippen MR) is 110 cm³/mol. The summed E-state index contributed by atoms with van der Waals surface area (Å²) in [5, 5.41) is 11.2. The van der Waals surface area contributed by atoms with Crippen LogP contribution >= 0.6 is 23.4 Å². The van der Waals surface area contributed by atoms with Crippen molar-refractivity contribution in [1.82, 2.24) is 20.1 Å². The second kappa shape index (κ2) is 8.45. The van der Waals surface area contributed by atoms with E-state index in [1.54, 1.807) is 19.1 Å². The van der Waals surface area contributed by atoms with Crippen LogP contribution in [0.25, 0.3) is 17.1 Å². The van der Waals surface area contributed by atoms with Crippen molar-refractivity contribution in [2.75, 3.05) is 0 Å². The summed E-state index contributed by atoms with van der Waals surface area (Å²) in [6.45, 7) is 3.65. The molecule has 0 radical (unpaired) electrons. The Balaban J connectivity index is 2.06. The van der Waals surface area contributed by atoms with Gasteiger partial charge in [-0.15, -0.1) is 10.2 Å². The number of aryl methyl sites for hydroxylation is 1. The van der Waals surface area contributed by atoms with Crippen molar-refractivity contribution in [2.24, 2.45) is 5.73 Å². The minimum atomic E-state index is -0.889. The Hall–Kier alpha value is -2.84. The molecule has 0 saturated carbocycles. The molecule has 3 N–H and O–H groups in total. The number of benzene rings is 2. The summed E-state index contributed by atoms with van der Waals surface area (Å²) in [6.07, 6.45) is 0. The number of aromatic nitrogens is 3. The molecule has 1 unspecified atom stereocenters. The molecule has 0 aliphatic carbocycles. The summed E-state index contributed by atoms with van der Waals surface area (Å²) in [5.74, 6) is 0.126. The van der Waals surface area contributed by atoms with Crippen molar-refractivity contribution in [3.8, 4) is 17.1 Å². The first-order valence-electron chi connectivity index (χ1n) is 8.41. The second-order valence-corrected chi connectivity index (χ2v) is 7.79. The summed E-state index contributed by atoms with van der Waals surface area (Å²) in [7, 11) is 0. The van der Waals surface area contributed by atoms with Crippen molar-refractivity contribution in [3.63, 3.8) is 0 Å². The maximum Gasteiger partial charge on any atom is 0.318 e.